The molecule has 1 aromatic carbocycles. The molecule has 6 nitrogen and oxygen atoms in total. The van der Waals surface area contributed by atoms with Crippen molar-refractivity contribution in [3.63, 3.8) is 0 Å². The molecule has 0 saturated carbocycles. The van der Waals surface area contributed by atoms with E-state index in [0.29, 0.717) is 10.4 Å². The topological polar surface area (TPSA) is 99.6 Å². The lowest BCUT2D eigenvalue weighted by Crippen LogP contribution is -2.00. The first kappa shape index (κ1) is 12.2. The molecule has 3 N–H and O–H groups in total. The Morgan fingerprint density at radius 3 is 2.67 bits per heavy atom. The zero-order valence-corrected chi connectivity index (χ0v) is 10.1. The van der Waals surface area contributed by atoms with Crippen LogP contribution in [-0.2, 0) is 0 Å². The van der Waals surface area contributed by atoms with E-state index in [0.717, 1.165) is 11.3 Å². The van der Waals surface area contributed by atoms with E-state index in [-0.39, 0.29) is 17.2 Å². The minimum absolute atomic E-state index is 0.0322. The predicted molar refractivity (Wildman–Crippen MR) is 65.6 cm³/mol. The number of benzene rings is 1. The van der Waals surface area contributed by atoms with Gasteiger partial charge in [0.1, 0.15) is 11.3 Å². The van der Waals surface area contributed by atoms with Crippen LogP contribution in [0.4, 0.5) is 0 Å². The third-order valence-corrected chi connectivity index (χ3v) is 3.24. The molecule has 18 heavy (non-hydrogen) atoms. The Bertz CT molecular complexity index is 658. The molecule has 7 heteroatoms. The molecule has 1 heterocycles. The number of ether oxygens (including phenoxy) is 1. The molecular formula is C11H9NO5S. The van der Waals surface area contributed by atoms with Crippen molar-refractivity contribution in [2.75, 3.05) is 7.11 Å². The number of aromatic nitrogens is 1. The van der Waals surface area contributed by atoms with Gasteiger partial charge in [-0.2, -0.15) is 0 Å². The first-order valence-electron chi connectivity index (χ1n) is 4.86. The molecule has 0 spiro atoms. The van der Waals surface area contributed by atoms with Crippen LogP contribution in [0.25, 0.3) is 10.4 Å². The van der Waals surface area contributed by atoms with Crippen LogP contribution in [0.5, 0.6) is 11.6 Å². The zero-order chi connectivity index (χ0) is 13.3. The number of carbonyl (C=O) groups is 1. The molecular weight excluding hydrogens is 258 g/mol. The number of aromatic amines is 1. The minimum atomic E-state index is -1.14. The molecule has 0 bridgehead atoms. The molecule has 2 rings (SSSR count). The lowest BCUT2D eigenvalue weighted by atomic mass is 10.1. The number of carboxylic acids is 1. The first-order chi connectivity index (χ1) is 8.52. The molecule has 0 fully saturated rings. The molecule has 0 radical (unpaired) electrons. The average molecular weight is 267 g/mol. The van der Waals surface area contributed by atoms with Crippen LogP contribution in [0, 0.1) is 0 Å². The standard InChI is InChI=1S/C11H9NO5S/c1-17-7-3-2-5(4-6(7)10(14)15)8-9(13)12-11(16)18-8/h2-4,13H,1H3,(H,12,16)(H,14,15). The molecule has 2 aromatic rings. The summed E-state index contributed by atoms with van der Waals surface area (Å²) in [6, 6.07) is 4.40. The highest BCUT2D eigenvalue weighted by atomic mass is 32.1. The lowest BCUT2D eigenvalue weighted by molar-refractivity contribution is 0.0693. The number of hydrogen-bond acceptors (Lipinski definition) is 5. The van der Waals surface area contributed by atoms with Crippen LogP contribution < -0.4 is 9.61 Å². The first-order valence-corrected chi connectivity index (χ1v) is 5.68. The van der Waals surface area contributed by atoms with E-state index in [1.165, 1.54) is 19.2 Å². The van der Waals surface area contributed by atoms with Gasteiger partial charge >= 0.3 is 10.8 Å². The molecule has 0 saturated heterocycles. The van der Waals surface area contributed by atoms with Crippen molar-refractivity contribution < 1.29 is 19.7 Å². The average Bonchev–Trinajstić information content (AvgIpc) is 2.67. The largest absolute Gasteiger partial charge is 0.496 e. The third-order valence-electron chi connectivity index (χ3n) is 2.32. The van der Waals surface area contributed by atoms with Crippen LogP contribution in [0.3, 0.4) is 0 Å². The SMILES string of the molecule is COc1ccc(-c2sc(=O)[nH]c2O)cc1C(=O)O. The van der Waals surface area contributed by atoms with Crippen molar-refractivity contribution in [1.29, 1.82) is 0 Å². The quantitative estimate of drug-likeness (QED) is 0.782. The van der Waals surface area contributed by atoms with Gasteiger partial charge in [-0.15, -0.1) is 0 Å². The highest BCUT2D eigenvalue weighted by Gasteiger charge is 2.15. The summed E-state index contributed by atoms with van der Waals surface area (Å²) >= 11 is 0.806. The zero-order valence-electron chi connectivity index (χ0n) is 9.26. The van der Waals surface area contributed by atoms with Crippen molar-refractivity contribution >= 4 is 17.3 Å². The number of aromatic hydroxyl groups is 1. The maximum atomic E-state index is 11.1. The molecule has 0 unspecified atom stereocenters. The highest BCUT2D eigenvalue weighted by molar-refractivity contribution is 7.13. The van der Waals surface area contributed by atoms with E-state index in [1.807, 2.05) is 0 Å². The van der Waals surface area contributed by atoms with Crippen molar-refractivity contribution in [3.05, 3.63) is 33.4 Å². The van der Waals surface area contributed by atoms with Crippen LogP contribution in [0.1, 0.15) is 10.4 Å². The predicted octanol–water partition coefficient (Wildman–Crippen LogP) is 1.52. The maximum Gasteiger partial charge on any atom is 0.339 e. The van der Waals surface area contributed by atoms with E-state index in [9.17, 15) is 14.7 Å². The van der Waals surface area contributed by atoms with Crippen LogP contribution in [0.15, 0.2) is 23.0 Å². The fourth-order valence-electron chi connectivity index (χ4n) is 1.53. The van der Waals surface area contributed by atoms with Gasteiger partial charge in [-0.25, -0.2) is 4.79 Å². The van der Waals surface area contributed by atoms with Gasteiger partial charge < -0.3 is 14.9 Å². The van der Waals surface area contributed by atoms with Gasteiger partial charge in [-0.1, -0.05) is 11.3 Å². The summed E-state index contributed by atoms with van der Waals surface area (Å²) in [5, 5.41) is 18.6. The number of carboxylic acid groups (broad SMARTS) is 1. The third kappa shape index (κ3) is 2.07. The minimum Gasteiger partial charge on any atom is -0.496 e. The smallest absolute Gasteiger partial charge is 0.339 e. The second-order valence-electron chi connectivity index (χ2n) is 3.41. The summed E-state index contributed by atoms with van der Waals surface area (Å²) in [4.78, 5) is 24.2. The van der Waals surface area contributed by atoms with E-state index >= 15 is 0 Å². The summed E-state index contributed by atoms with van der Waals surface area (Å²) in [6.07, 6.45) is 0. The summed E-state index contributed by atoms with van der Waals surface area (Å²) in [6.45, 7) is 0. The molecule has 0 aliphatic heterocycles. The van der Waals surface area contributed by atoms with Gasteiger partial charge in [0.25, 0.3) is 0 Å². The number of H-pyrrole nitrogens is 1. The number of hydrogen-bond donors (Lipinski definition) is 3. The van der Waals surface area contributed by atoms with Gasteiger partial charge in [0, 0.05) is 0 Å². The number of nitrogens with one attached hydrogen (secondary N) is 1. The van der Waals surface area contributed by atoms with Gasteiger partial charge in [0.2, 0.25) is 5.88 Å². The molecule has 0 amide bonds. The van der Waals surface area contributed by atoms with Crippen LogP contribution in [0.2, 0.25) is 0 Å². The van der Waals surface area contributed by atoms with Crippen molar-refractivity contribution in [2.24, 2.45) is 0 Å². The monoisotopic (exact) mass is 267 g/mol. The second kappa shape index (κ2) is 4.53. The summed E-state index contributed by atoms with van der Waals surface area (Å²) in [7, 11) is 1.37. The van der Waals surface area contributed by atoms with Crippen molar-refractivity contribution in [1.82, 2.24) is 4.98 Å². The molecule has 0 aliphatic rings. The fourth-order valence-corrected chi connectivity index (χ4v) is 2.26. The van der Waals surface area contributed by atoms with E-state index in [1.54, 1.807) is 6.07 Å². The van der Waals surface area contributed by atoms with Crippen LogP contribution >= 0.6 is 11.3 Å². The Labute approximate surface area is 105 Å². The molecule has 1 aromatic heterocycles. The number of thiazole rings is 1. The van der Waals surface area contributed by atoms with E-state index < -0.39 is 10.8 Å². The molecule has 94 valence electrons. The lowest BCUT2D eigenvalue weighted by Gasteiger charge is -2.06. The number of rotatable bonds is 3. The summed E-state index contributed by atoms with van der Waals surface area (Å²) in [5.41, 5.74) is 0.407. The Hall–Kier alpha value is -2.28. The summed E-state index contributed by atoms with van der Waals surface area (Å²) < 4.78 is 4.92. The Morgan fingerprint density at radius 1 is 1.44 bits per heavy atom. The second-order valence-corrected chi connectivity index (χ2v) is 4.40. The van der Waals surface area contributed by atoms with Gasteiger partial charge in [0.15, 0.2) is 0 Å². The highest BCUT2D eigenvalue weighted by Crippen LogP contribution is 2.33. The number of methoxy groups -OCH3 is 1. The van der Waals surface area contributed by atoms with Crippen molar-refractivity contribution in [3.8, 4) is 22.1 Å². The van der Waals surface area contributed by atoms with Gasteiger partial charge in [-0.3, -0.25) is 9.78 Å². The molecule has 0 atom stereocenters. The fraction of sp³-hybridized carbons (Fsp3) is 0.0909. The number of aromatic carboxylic acids is 1. The van der Waals surface area contributed by atoms with E-state index in [2.05, 4.69) is 4.98 Å². The Morgan fingerprint density at radius 2 is 2.17 bits per heavy atom. The Balaban J connectivity index is 2.60. The van der Waals surface area contributed by atoms with E-state index in [4.69, 9.17) is 9.84 Å². The van der Waals surface area contributed by atoms with Crippen molar-refractivity contribution in [2.45, 2.75) is 0 Å². The van der Waals surface area contributed by atoms with Gasteiger partial charge in [-0.05, 0) is 23.8 Å². The van der Waals surface area contributed by atoms with Gasteiger partial charge in [0.05, 0.1) is 12.0 Å². The van der Waals surface area contributed by atoms with Crippen LogP contribution in [-0.4, -0.2) is 28.3 Å². The normalized spacial score (nSPS) is 10.3. The molecule has 0 aliphatic carbocycles. The maximum absolute atomic E-state index is 11.1. The summed E-state index contributed by atoms with van der Waals surface area (Å²) in [5.74, 6) is -1.20. The Kier molecular flexibility index (Phi) is 3.07.